The summed E-state index contributed by atoms with van der Waals surface area (Å²) in [5, 5.41) is 1.17. The van der Waals surface area contributed by atoms with Gasteiger partial charge in [0.1, 0.15) is 0 Å². The second-order valence-corrected chi connectivity index (χ2v) is 1.22. The van der Waals surface area contributed by atoms with Gasteiger partial charge in [-0.25, -0.2) is 0 Å². The molecule has 0 aliphatic rings. The van der Waals surface area contributed by atoms with Gasteiger partial charge in [-0.15, -0.1) is 0 Å². The third-order valence-electron chi connectivity index (χ3n) is 0. The van der Waals surface area contributed by atoms with Crippen LogP contribution in [0.25, 0.3) is 0 Å². The summed E-state index contributed by atoms with van der Waals surface area (Å²) in [5.41, 5.74) is 0. The molecule has 0 aromatic heterocycles. The fourth-order valence-corrected chi connectivity index (χ4v) is 0. The number of rotatable bonds is 0. The first-order valence-electron chi connectivity index (χ1n) is 1.12. The average Bonchev–Trinajstić information content (AvgIpc) is 0.918. The topological polar surface area (TPSA) is 31.5 Å². The van der Waals surface area contributed by atoms with Crippen molar-refractivity contribution in [2.45, 2.75) is 12.2 Å². The van der Waals surface area contributed by atoms with Gasteiger partial charge in [0.05, 0.1) is 0 Å². The molecule has 2 N–H and O–H groups in total. The molecule has 0 saturated heterocycles. The number of halogens is 2. The molecular weight excluding hydrogens is 138 g/mol. The minimum atomic E-state index is 0. The predicted molar refractivity (Wildman–Crippen MR) is 19.8 cm³/mol. The van der Waals surface area contributed by atoms with E-state index in [-0.39, 0.29) is 30.3 Å². The second-order valence-electron chi connectivity index (χ2n) is 0.408. The van der Waals surface area contributed by atoms with Crippen LogP contribution in [0, 0.1) is 0 Å². The van der Waals surface area contributed by atoms with Crippen molar-refractivity contribution in [3.05, 3.63) is 0 Å². The Bertz CT molecular complexity index is 11.5. The van der Waals surface area contributed by atoms with Crippen molar-refractivity contribution in [3.63, 3.8) is 0 Å². The Kier molecular flexibility index (Phi) is 167. The predicted octanol–water partition coefficient (Wildman–Crippen LogP) is -6.22. The molecule has 0 bridgehead atoms. The van der Waals surface area contributed by atoms with Gasteiger partial charge in [0.2, 0.25) is 0 Å². The number of hydrogen-bond acceptors (Lipinski definition) is 0. The molecule has 0 unspecified atom stereocenters. The third-order valence-corrected chi connectivity index (χ3v) is 0. The largest absolute Gasteiger partial charge is 1.00 e. The van der Waals surface area contributed by atoms with Crippen molar-refractivity contribution in [2.75, 3.05) is 0 Å². The zero-order chi connectivity index (χ0) is 2.71. The minimum Gasteiger partial charge on any atom is -1.00 e. The van der Waals surface area contributed by atoms with Crippen molar-refractivity contribution in [2.24, 2.45) is 0 Å². The Morgan fingerprint density at radius 2 is 1.33 bits per heavy atom. The first kappa shape index (κ1) is 27.6. The molecule has 6 heavy (non-hydrogen) atoms. The third kappa shape index (κ3) is 73.1. The summed E-state index contributed by atoms with van der Waals surface area (Å²) in [7, 11) is 0. The minimum absolute atomic E-state index is 0. The van der Waals surface area contributed by atoms with Crippen LogP contribution < -0.4 is 24.8 Å². The van der Waals surface area contributed by atoms with Gasteiger partial charge in [-0.1, -0.05) is 0 Å². The van der Waals surface area contributed by atoms with Crippen molar-refractivity contribution in [1.82, 2.24) is 0 Å². The normalized spacial score (nSPS) is 3.17. The van der Waals surface area contributed by atoms with E-state index in [4.69, 9.17) is 0 Å². The van der Waals surface area contributed by atoms with Gasteiger partial charge in [0.25, 0.3) is 0 Å². The molecule has 0 rings (SSSR count). The van der Waals surface area contributed by atoms with Gasteiger partial charge in [-0.05, 0) is 0 Å². The molecule has 0 atom stereocenters. The molecule has 0 amide bonds. The zero-order valence-corrected chi connectivity index (χ0v) is 6.21. The Morgan fingerprint density at radius 3 is 1.33 bits per heavy atom. The maximum Gasteiger partial charge on any atom is -0.412 e. The SMILES string of the molecule is C[CH2][Al+2].O.[Cl-].[Cl-]. The van der Waals surface area contributed by atoms with Crippen molar-refractivity contribution >= 4 is 16.3 Å². The van der Waals surface area contributed by atoms with Crippen molar-refractivity contribution in [3.8, 4) is 0 Å². The molecule has 1 nitrogen and oxygen atoms in total. The zero-order valence-electron chi connectivity index (χ0n) is 3.54. The molecule has 0 aromatic rings. The summed E-state index contributed by atoms with van der Waals surface area (Å²) in [6, 6.07) is 0. The van der Waals surface area contributed by atoms with Crippen LogP contribution >= 0.6 is 0 Å². The fraction of sp³-hybridized carbons (Fsp3) is 1.00. The molecule has 0 aliphatic heterocycles. The van der Waals surface area contributed by atoms with E-state index in [0.717, 1.165) is 0 Å². The maximum absolute atomic E-state index is 2.58. The average molecular weight is 145 g/mol. The Hall–Kier alpha value is 1.07. The molecule has 38 valence electrons. The van der Waals surface area contributed by atoms with E-state index in [1.54, 1.807) is 0 Å². The molecule has 0 heterocycles. The van der Waals surface area contributed by atoms with Crippen LogP contribution in [0.1, 0.15) is 6.92 Å². The summed E-state index contributed by atoms with van der Waals surface area (Å²) < 4.78 is 0. The Morgan fingerprint density at radius 1 is 1.33 bits per heavy atom. The fourth-order valence-electron chi connectivity index (χ4n) is 0. The standard InChI is InChI=1S/C2H5.Al.2ClH.H2O/c1-2;;;;/h1H2,2H3;;2*1H;1H2/q;+2;;;/p-2. The smallest absolute Gasteiger partial charge is 0.412 e. The van der Waals surface area contributed by atoms with E-state index in [1.807, 2.05) is 0 Å². The second kappa shape index (κ2) is 36.4. The summed E-state index contributed by atoms with van der Waals surface area (Å²) >= 11 is 2.58. The van der Waals surface area contributed by atoms with Crippen molar-refractivity contribution < 1.29 is 30.3 Å². The van der Waals surface area contributed by atoms with Crippen LogP contribution in [0.3, 0.4) is 0 Å². The van der Waals surface area contributed by atoms with Gasteiger partial charge in [-0.3, -0.25) is 0 Å². The molecule has 0 aliphatic carbocycles. The van der Waals surface area contributed by atoms with Crippen LogP contribution in [-0.4, -0.2) is 21.8 Å². The molecule has 0 fully saturated rings. The molecule has 4 heteroatoms. The number of hydrogen-bond donors (Lipinski definition) is 0. The Balaban J connectivity index is -0.00000000667. The molecule has 0 spiro atoms. The monoisotopic (exact) mass is 144 g/mol. The quantitative estimate of drug-likeness (QED) is 0.304. The van der Waals surface area contributed by atoms with Crippen molar-refractivity contribution in [1.29, 1.82) is 0 Å². The molecule has 0 saturated carbocycles. The van der Waals surface area contributed by atoms with E-state index < -0.39 is 0 Å². The van der Waals surface area contributed by atoms with Crippen LogP contribution in [0.2, 0.25) is 5.28 Å². The summed E-state index contributed by atoms with van der Waals surface area (Å²) in [6.45, 7) is 2.09. The summed E-state index contributed by atoms with van der Waals surface area (Å²) in [6.07, 6.45) is 0. The van der Waals surface area contributed by atoms with E-state index in [2.05, 4.69) is 23.2 Å². The Labute approximate surface area is 59.1 Å². The van der Waals surface area contributed by atoms with E-state index in [0.29, 0.717) is 0 Å². The van der Waals surface area contributed by atoms with Gasteiger partial charge in [-0.2, -0.15) is 0 Å². The molecular formula is C2H7AlCl2O. The first-order chi connectivity index (χ1) is 1.41. The first-order valence-corrected chi connectivity index (χ1v) is 1.93. The van der Waals surface area contributed by atoms with Crippen LogP contribution in [-0.2, 0) is 0 Å². The van der Waals surface area contributed by atoms with Gasteiger partial charge in [0.15, 0.2) is 0 Å². The van der Waals surface area contributed by atoms with E-state index in [1.165, 1.54) is 5.28 Å². The molecule has 0 aromatic carbocycles. The summed E-state index contributed by atoms with van der Waals surface area (Å²) in [5.74, 6) is 0. The van der Waals surface area contributed by atoms with E-state index >= 15 is 0 Å². The van der Waals surface area contributed by atoms with Crippen LogP contribution in [0.5, 0.6) is 0 Å². The summed E-state index contributed by atoms with van der Waals surface area (Å²) in [4.78, 5) is 0. The molecule has 0 radical (unpaired) electrons. The van der Waals surface area contributed by atoms with Gasteiger partial charge in [0, 0.05) is 0 Å². The van der Waals surface area contributed by atoms with Gasteiger partial charge >= 0.3 is 28.5 Å². The maximum atomic E-state index is 2.58. The van der Waals surface area contributed by atoms with E-state index in [9.17, 15) is 0 Å². The van der Waals surface area contributed by atoms with Crippen LogP contribution in [0.4, 0.5) is 0 Å². The van der Waals surface area contributed by atoms with Crippen LogP contribution in [0.15, 0.2) is 0 Å². The van der Waals surface area contributed by atoms with Gasteiger partial charge < -0.3 is 30.3 Å².